The zero-order chi connectivity index (χ0) is 23.0. The second-order valence-corrected chi connectivity index (χ2v) is 10.7. The Kier molecular flexibility index (Phi) is 9.76. The minimum Gasteiger partial charge on any atom is -0.394 e. The summed E-state index contributed by atoms with van der Waals surface area (Å²) in [6.07, 6.45) is 5.31. The number of aliphatic hydroxyl groups excluding tert-OH is 1. The second kappa shape index (κ2) is 12.3. The third-order valence-corrected chi connectivity index (χ3v) is 7.86. The first-order valence-corrected chi connectivity index (χ1v) is 13.3. The summed E-state index contributed by atoms with van der Waals surface area (Å²) in [5.74, 6) is -0.0169. The second-order valence-electron chi connectivity index (χ2n) is 8.52. The van der Waals surface area contributed by atoms with Gasteiger partial charge in [0.25, 0.3) is 0 Å². The van der Waals surface area contributed by atoms with E-state index in [4.69, 9.17) is 16.3 Å². The Hall–Kier alpha value is -1.23. The van der Waals surface area contributed by atoms with Gasteiger partial charge in [-0.3, -0.25) is 4.79 Å². The average Bonchev–Trinajstić information content (AvgIpc) is 2.79. The Balaban J connectivity index is 1.39. The number of hydrogen-bond acceptors (Lipinski definition) is 6. The molecule has 2 heterocycles. The Morgan fingerprint density at radius 2 is 1.88 bits per heavy atom. The number of carbonyl (C=O) groups is 1. The van der Waals surface area contributed by atoms with Crippen LogP contribution in [0, 0.1) is 0 Å². The molecule has 0 aliphatic carbocycles. The van der Waals surface area contributed by atoms with Crippen molar-refractivity contribution in [3.05, 3.63) is 29.3 Å². The molecule has 180 valence electrons. The Morgan fingerprint density at radius 1 is 1.16 bits per heavy atom. The molecule has 0 unspecified atom stereocenters. The van der Waals surface area contributed by atoms with Crippen molar-refractivity contribution in [2.75, 3.05) is 32.8 Å². The minimum atomic E-state index is -3.61. The number of nitrogens with zero attached hydrogens (tertiary/aromatic N) is 1. The predicted molar refractivity (Wildman–Crippen MR) is 123 cm³/mol. The number of carbonyl (C=O) groups excluding carboxylic acids is 1. The molecule has 3 atom stereocenters. The van der Waals surface area contributed by atoms with Crippen LogP contribution in [-0.4, -0.2) is 75.4 Å². The number of nitrogens with one attached hydrogen (secondary N) is 2. The molecule has 2 fully saturated rings. The number of sulfonamides is 1. The van der Waals surface area contributed by atoms with Crippen molar-refractivity contribution in [3.63, 3.8) is 0 Å². The van der Waals surface area contributed by atoms with Crippen LogP contribution in [0.3, 0.4) is 0 Å². The summed E-state index contributed by atoms with van der Waals surface area (Å²) >= 11 is 5.81. The minimum absolute atomic E-state index is 0.0169. The van der Waals surface area contributed by atoms with Gasteiger partial charge in [0.1, 0.15) is 6.10 Å². The average molecular weight is 488 g/mol. The molecule has 10 heteroatoms. The zero-order valence-electron chi connectivity index (χ0n) is 18.3. The molecular weight excluding hydrogens is 454 g/mol. The van der Waals surface area contributed by atoms with Gasteiger partial charge in [-0.05, 0) is 69.5 Å². The molecule has 8 nitrogen and oxygen atoms in total. The van der Waals surface area contributed by atoms with E-state index in [0.29, 0.717) is 30.7 Å². The lowest BCUT2D eigenvalue weighted by atomic mass is 9.97. The van der Waals surface area contributed by atoms with E-state index < -0.39 is 16.1 Å². The van der Waals surface area contributed by atoms with Crippen LogP contribution in [0.2, 0.25) is 5.02 Å². The molecule has 0 aromatic heterocycles. The van der Waals surface area contributed by atoms with Crippen LogP contribution in [0.4, 0.5) is 0 Å². The fourth-order valence-electron chi connectivity index (χ4n) is 4.28. The van der Waals surface area contributed by atoms with Crippen LogP contribution in [0.15, 0.2) is 29.2 Å². The van der Waals surface area contributed by atoms with Crippen molar-refractivity contribution in [2.45, 2.75) is 68.1 Å². The van der Waals surface area contributed by atoms with Crippen LogP contribution in [0.1, 0.15) is 44.9 Å². The van der Waals surface area contributed by atoms with E-state index in [0.717, 1.165) is 19.6 Å². The lowest BCUT2D eigenvalue weighted by Crippen LogP contribution is -2.51. The number of rotatable bonds is 10. The molecule has 3 rings (SSSR count). The van der Waals surface area contributed by atoms with Crippen LogP contribution in [0.25, 0.3) is 0 Å². The summed E-state index contributed by atoms with van der Waals surface area (Å²) < 4.78 is 33.3. The van der Waals surface area contributed by atoms with E-state index in [2.05, 4.69) is 14.9 Å². The molecule has 2 aliphatic rings. The third-order valence-electron chi connectivity index (χ3n) is 6.13. The highest BCUT2D eigenvalue weighted by molar-refractivity contribution is 7.89. The van der Waals surface area contributed by atoms with E-state index in [-0.39, 0.29) is 36.1 Å². The fraction of sp³-hybridized carbons (Fsp3) is 0.682. The van der Waals surface area contributed by atoms with E-state index in [1.165, 1.54) is 43.5 Å². The first-order valence-electron chi connectivity index (χ1n) is 11.4. The number of piperidine rings is 1. The molecule has 2 aliphatic heterocycles. The highest BCUT2D eigenvalue weighted by Crippen LogP contribution is 2.22. The molecule has 1 aromatic carbocycles. The van der Waals surface area contributed by atoms with Gasteiger partial charge < -0.3 is 20.1 Å². The fourth-order valence-corrected chi connectivity index (χ4v) is 5.46. The van der Waals surface area contributed by atoms with Crippen molar-refractivity contribution in [3.8, 4) is 0 Å². The smallest absolute Gasteiger partial charge is 0.240 e. The molecule has 3 N–H and O–H groups in total. The summed E-state index contributed by atoms with van der Waals surface area (Å²) in [6, 6.07) is 5.76. The molecular formula is C22H34ClN3O5S. The van der Waals surface area contributed by atoms with Gasteiger partial charge in [-0.25, -0.2) is 13.1 Å². The van der Waals surface area contributed by atoms with E-state index in [1.807, 2.05) is 0 Å². The van der Waals surface area contributed by atoms with Gasteiger partial charge in [0.05, 0.1) is 23.6 Å². The highest BCUT2D eigenvalue weighted by atomic mass is 35.5. The first kappa shape index (κ1) is 25.4. The van der Waals surface area contributed by atoms with Gasteiger partial charge >= 0.3 is 0 Å². The number of hydrogen-bond donors (Lipinski definition) is 3. The van der Waals surface area contributed by atoms with Crippen LogP contribution in [0.5, 0.6) is 0 Å². The Morgan fingerprint density at radius 3 is 2.56 bits per heavy atom. The van der Waals surface area contributed by atoms with Crippen LogP contribution in [-0.2, 0) is 19.6 Å². The number of likely N-dealkylation sites (tertiary alicyclic amines) is 1. The monoisotopic (exact) mass is 487 g/mol. The van der Waals surface area contributed by atoms with E-state index in [9.17, 15) is 18.3 Å². The topological polar surface area (TPSA) is 108 Å². The lowest BCUT2D eigenvalue weighted by molar-refractivity contribution is -0.128. The van der Waals surface area contributed by atoms with Crippen molar-refractivity contribution < 1.29 is 23.1 Å². The molecule has 1 aromatic rings. The van der Waals surface area contributed by atoms with Crippen molar-refractivity contribution in [2.24, 2.45) is 0 Å². The van der Waals surface area contributed by atoms with E-state index in [1.54, 1.807) is 0 Å². The van der Waals surface area contributed by atoms with Crippen molar-refractivity contribution in [1.82, 2.24) is 14.9 Å². The summed E-state index contributed by atoms with van der Waals surface area (Å²) in [6.45, 7) is 2.91. The number of aliphatic hydroxyl groups is 1. The maximum atomic E-state index is 12.4. The molecule has 2 saturated heterocycles. The molecule has 0 spiro atoms. The maximum Gasteiger partial charge on any atom is 0.240 e. The van der Waals surface area contributed by atoms with Crippen LogP contribution >= 0.6 is 11.6 Å². The van der Waals surface area contributed by atoms with Gasteiger partial charge in [0.2, 0.25) is 15.9 Å². The van der Waals surface area contributed by atoms with Gasteiger partial charge in [-0.15, -0.1) is 0 Å². The SMILES string of the molecule is O=C(CCN1CCCCC1)N[C@@H]1CC[C@H](CCNS(=O)(=O)c2ccc(Cl)cc2)O[C@@H]1CO. The summed E-state index contributed by atoms with van der Waals surface area (Å²) in [5.41, 5.74) is 0. The summed E-state index contributed by atoms with van der Waals surface area (Å²) in [7, 11) is -3.61. The van der Waals surface area contributed by atoms with Crippen LogP contribution < -0.4 is 10.0 Å². The third kappa shape index (κ3) is 7.67. The maximum absolute atomic E-state index is 12.4. The molecule has 1 amide bonds. The van der Waals surface area contributed by atoms with E-state index >= 15 is 0 Å². The Labute approximate surface area is 195 Å². The quantitative estimate of drug-likeness (QED) is 0.465. The molecule has 0 saturated carbocycles. The van der Waals surface area contributed by atoms with Gasteiger partial charge in [-0.1, -0.05) is 18.0 Å². The van der Waals surface area contributed by atoms with Gasteiger partial charge in [0.15, 0.2) is 0 Å². The first-order chi connectivity index (χ1) is 15.4. The lowest BCUT2D eigenvalue weighted by Gasteiger charge is -2.36. The zero-order valence-corrected chi connectivity index (χ0v) is 19.9. The predicted octanol–water partition coefficient (Wildman–Crippen LogP) is 1.91. The summed E-state index contributed by atoms with van der Waals surface area (Å²) in [4.78, 5) is 14.9. The normalized spacial score (nSPS) is 24.9. The Bertz CT molecular complexity index is 830. The molecule has 0 radical (unpaired) electrons. The summed E-state index contributed by atoms with van der Waals surface area (Å²) in [5, 5.41) is 13.2. The van der Waals surface area contributed by atoms with Crippen molar-refractivity contribution >= 4 is 27.5 Å². The molecule has 32 heavy (non-hydrogen) atoms. The highest BCUT2D eigenvalue weighted by Gasteiger charge is 2.32. The van der Waals surface area contributed by atoms with Gasteiger partial charge in [0, 0.05) is 24.5 Å². The molecule has 0 bridgehead atoms. The number of benzene rings is 1. The van der Waals surface area contributed by atoms with Crippen molar-refractivity contribution in [1.29, 1.82) is 0 Å². The van der Waals surface area contributed by atoms with Gasteiger partial charge in [-0.2, -0.15) is 0 Å². The number of halogens is 1. The number of amides is 1. The largest absolute Gasteiger partial charge is 0.394 e. The standard InChI is InChI=1S/C22H34ClN3O5S/c23-17-4-7-19(8-5-17)32(29,30)24-12-10-18-6-9-20(21(16-27)31-18)25-22(28)11-15-26-13-2-1-3-14-26/h4-5,7-8,18,20-21,24,27H,1-3,6,9-16H2,(H,25,28)/t18-,20-,21-/m1/s1. The number of ether oxygens (including phenoxy) is 1.